The molecule has 0 saturated carbocycles. The molecule has 0 aromatic rings. The number of thioether (sulfide) groups is 1. The Morgan fingerprint density at radius 2 is 2.14 bits per heavy atom. The zero-order valence-corrected chi connectivity index (χ0v) is 9.53. The maximum Gasteiger partial charge on any atom is 0.309 e. The lowest BCUT2D eigenvalue weighted by Crippen LogP contribution is -2.42. The van der Waals surface area contributed by atoms with E-state index in [4.69, 9.17) is 0 Å². The lowest BCUT2D eigenvalue weighted by molar-refractivity contribution is -0.151. The first-order valence-electron chi connectivity index (χ1n) is 5.14. The van der Waals surface area contributed by atoms with E-state index in [0.717, 1.165) is 44.5 Å². The first-order valence-corrected chi connectivity index (χ1v) is 6.54. The van der Waals surface area contributed by atoms with E-state index in [1.807, 2.05) is 0 Å². The van der Waals surface area contributed by atoms with Crippen LogP contribution in [0.5, 0.6) is 0 Å². The molecule has 4 heteroatoms. The average Bonchev–Trinajstić information content (AvgIpc) is 2.19. The molecular formula is C10H19NO2S. The minimum absolute atomic E-state index is 0.430. The fourth-order valence-corrected chi connectivity index (χ4v) is 2.46. The van der Waals surface area contributed by atoms with Crippen LogP contribution < -0.4 is 5.32 Å². The van der Waals surface area contributed by atoms with E-state index in [1.165, 1.54) is 0 Å². The molecule has 3 nitrogen and oxygen atoms in total. The van der Waals surface area contributed by atoms with Gasteiger partial charge < -0.3 is 10.4 Å². The van der Waals surface area contributed by atoms with Gasteiger partial charge in [0.05, 0.1) is 5.41 Å². The Labute approximate surface area is 89.6 Å². The lowest BCUT2D eigenvalue weighted by atomic mass is 9.75. The third-order valence-electron chi connectivity index (χ3n) is 3.02. The van der Waals surface area contributed by atoms with E-state index in [0.29, 0.717) is 0 Å². The summed E-state index contributed by atoms with van der Waals surface area (Å²) in [5, 5.41) is 12.5. The Balaban J connectivity index is 2.47. The molecule has 0 atom stereocenters. The Kier molecular flexibility index (Phi) is 4.75. The molecule has 0 unspecified atom stereocenters. The maximum atomic E-state index is 11.2. The van der Waals surface area contributed by atoms with Crippen molar-refractivity contribution in [2.24, 2.45) is 5.41 Å². The van der Waals surface area contributed by atoms with Crippen molar-refractivity contribution in [2.75, 3.05) is 25.1 Å². The molecule has 0 aliphatic carbocycles. The molecule has 1 aliphatic rings. The predicted molar refractivity (Wildman–Crippen MR) is 59.8 cm³/mol. The molecule has 1 aliphatic heterocycles. The number of hydrogen-bond donors (Lipinski definition) is 2. The van der Waals surface area contributed by atoms with Crippen LogP contribution in [-0.4, -0.2) is 36.2 Å². The number of rotatable bonds is 5. The molecule has 0 bridgehead atoms. The summed E-state index contributed by atoms with van der Waals surface area (Å²) in [6.07, 6.45) is 5.50. The van der Waals surface area contributed by atoms with E-state index in [9.17, 15) is 9.90 Å². The van der Waals surface area contributed by atoms with Crippen molar-refractivity contribution < 1.29 is 9.90 Å². The molecule has 2 N–H and O–H groups in total. The average molecular weight is 217 g/mol. The van der Waals surface area contributed by atoms with E-state index in [2.05, 4.69) is 11.6 Å². The van der Waals surface area contributed by atoms with Crippen LogP contribution in [0.4, 0.5) is 0 Å². The van der Waals surface area contributed by atoms with E-state index in [-0.39, 0.29) is 0 Å². The van der Waals surface area contributed by atoms with Gasteiger partial charge in [0.15, 0.2) is 0 Å². The van der Waals surface area contributed by atoms with Crippen molar-refractivity contribution in [2.45, 2.75) is 25.7 Å². The van der Waals surface area contributed by atoms with Crippen LogP contribution in [0.25, 0.3) is 0 Å². The van der Waals surface area contributed by atoms with Gasteiger partial charge in [0.25, 0.3) is 0 Å². The fraction of sp³-hybridized carbons (Fsp3) is 0.900. The Bertz CT molecular complexity index is 191. The third-order valence-corrected chi connectivity index (χ3v) is 3.72. The van der Waals surface area contributed by atoms with Crippen LogP contribution in [0.1, 0.15) is 25.7 Å². The molecule has 0 radical (unpaired) electrons. The second-order valence-electron chi connectivity index (χ2n) is 3.93. The van der Waals surface area contributed by atoms with E-state index >= 15 is 0 Å². The van der Waals surface area contributed by atoms with Crippen molar-refractivity contribution in [3.8, 4) is 0 Å². The third kappa shape index (κ3) is 2.89. The van der Waals surface area contributed by atoms with Crippen molar-refractivity contribution in [3.63, 3.8) is 0 Å². The van der Waals surface area contributed by atoms with Gasteiger partial charge >= 0.3 is 5.97 Å². The van der Waals surface area contributed by atoms with E-state index in [1.54, 1.807) is 11.8 Å². The summed E-state index contributed by atoms with van der Waals surface area (Å²) < 4.78 is 0. The van der Waals surface area contributed by atoms with Gasteiger partial charge in [0.1, 0.15) is 0 Å². The summed E-state index contributed by atoms with van der Waals surface area (Å²) in [7, 11) is 0. The highest BCUT2D eigenvalue weighted by molar-refractivity contribution is 7.98. The van der Waals surface area contributed by atoms with Gasteiger partial charge in [-0.15, -0.1) is 0 Å². The number of carboxylic acid groups (broad SMARTS) is 1. The van der Waals surface area contributed by atoms with Crippen molar-refractivity contribution >= 4 is 17.7 Å². The molecule has 82 valence electrons. The number of nitrogens with one attached hydrogen (secondary N) is 1. The number of hydrogen-bond acceptors (Lipinski definition) is 3. The maximum absolute atomic E-state index is 11.2. The van der Waals surface area contributed by atoms with Gasteiger partial charge in [0.2, 0.25) is 0 Å². The molecule has 1 fully saturated rings. The summed E-state index contributed by atoms with van der Waals surface area (Å²) >= 11 is 1.79. The zero-order valence-electron chi connectivity index (χ0n) is 8.71. The molecule has 0 aromatic heterocycles. The first-order chi connectivity index (χ1) is 6.71. The standard InChI is InChI=1S/C10H19NO2S/c1-14-8-2-3-10(9(12)13)4-6-11-7-5-10/h11H,2-8H2,1H3,(H,12,13). The number of aliphatic carboxylic acids is 1. The Morgan fingerprint density at radius 1 is 1.50 bits per heavy atom. The highest BCUT2D eigenvalue weighted by atomic mass is 32.2. The van der Waals surface area contributed by atoms with Gasteiger partial charge in [-0.1, -0.05) is 0 Å². The monoisotopic (exact) mass is 217 g/mol. The molecule has 1 rings (SSSR count). The minimum atomic E-state index is -0.597. The molecule has 1 saturated heterocycles. The summed E-state index contributed by atoms with van der Waals surface area (Å²) in [6.45, 7) is 1.71. The molecule has 0 amide bonds. The van der Waals surface area contributed by atoms with Crippen molar-refractivity contribution in [1.29, 1.82) is 0 Å². The Morgan fingerprint density at radius 3 is 2.64 bits per heavy atom. The number of carbonyl (C=O) groups is 1. The van der Waals surface area contributed by atoms with Crippen LogP contribution in [0.3, 0.4) is 0 Å². The topological polar surface area (TPSA) is 49.3 Å². The highest BCUT2D eigenvalue weighted by Gasteiger charge is 2.38. The normalized spacial score (nSPS) is 20.6. The Hall–Kier alpha value is -0.220. The van der Waals surface area contributed by atoms with Gasteiger partial charge in [-0.25, -0.2) is 0 Å². The summed E-state index contributed by atoms with van der Waals surface area (Å²) in [4.78, 5) is 11.2. The van der Waals surface area contributed by atoms with Gasteiger partial charge in [-0.05, 0) is 50.8 Å². The van der Waals surface area contributed by atoms with Gasteiger partial charge in [0, 0.05) is 0 Å². The summed E-state index contributed by atoms with van der Waals surface area (Å²) in [5.41, 5.74) is -0.430. The smallest absolute Gasteiger partial charge is 0.309 e. The molecule has 0 spiro atoms. The second kappa shape index (κ2) is 5.61. The lowest BCUT2D eigenvalue weighted by Gasteiger charge is -2.33. The fourth-order valence-electron chi connectivity index (χ4n) is 2.03. The van der Waals surface area contributed by atoms with Crippen molar-refractivity contribution in [1.82, 2.24) is 5.32 Å². The minimum Gasteiger partial charge on any atom is -0.481 e. The van der Waals surface area contributed by atoms with Gasteiger partial charge in [-0.3, -0.25) is 4.79 Å². The second-order valence-corrected chi connectivity index (χ2v) is 4.92. The number of piperidine rings is 1. The first kappa shape index (κ1) is 11.9. The highest BCUT2D eigenvalue weighted by Crippen LogP contribution is 2.34. The van der Waals surface area contributed by atoms with Gasteiger partial charge in [-0.2, -0.15) is 11.8 Å². The molecule has 14 heavy (non-hydrogen) atoms. The zero-order chi connectivity index (χ0) is 10.4. The van der Waals surface area contributed by atoms with E-state index < -0.39 is 11.4 Å². The van der Waals surface area contributed by atoms with Crippen LogP contribution in [0, 0.1) is 5.41 Å². The van der Waals surface area contributed by atoms with Crippen LogP contribution in [0.2, 0.25) is 0 Å². The van der Waals surface area contributed by atoms with Crippen LogP contribution >= 0.6 is 11.8 Å². The summed E-state index contributed by atoms with van der Waals surface area (Å²) in [6, 6.07) is 0. The molecule has 1 heterocycles. The van der Waals surface area contributed by atoms with Crippen molar-refractivity contribution in [3.05, 3.63) is 0 Å². The number of carboxylic acids is 1. The summed E-state index contributed by atoms with van der Waals surface area (Å²) in [5.74, 6) is 0.475. The SMILES string of the molecule is CSCCCC1(C(=O)O)CCNCC1. The molecular weight excluding hydrogens is 198 g/mol. The molecule has 0 aromatic carbocycles. The largest absolute Gasteiger partial charge is 0.481 e. The van der Waals surface area contributed by atoms with Crippen LogP contribution in [0.15, 0.2) is 0 Å². The predicted octanol–water partition coefficient (Wildman–Crippen LogP) is 1.58. The van der Waals surface area contributed by atoms with Crippen LogP contribution in [-0.2, 0) is 4.79 Å². The quantitative estimate of drug-likeness (QED) is 0.687.